The van der Waals surface area contributed by atoms with Crippen LogP contribution in [0.15, 0.2) is 0 Å². The zero-order valence-electron chi connectivity index (χ0n) is 13.5. The highest BCUT2D eigenvalue weighted by molar-refractivity contribution is 5.66. The Morgan fingerprint density at radius 1 is 1.33 bits per heavy atom. The minimum Gasteiger partial charge on any atom is -0.465 e. The molecular weight excluding hydrogens is 270 g/mol. The molecule has 0 aromatic carbocycles. The molecule has 0 radical (unpaired) electrons. The van der Waals surface area contributed by atoms with Crippen LogP contribution in [-0.2, 0) is 4.74 Å². The number of carbonyl (C=O) groups is 1. The molecular formula is C15H29N3O3. The quantitative estimate of drug-likeness (QED) is 0.799. The first-order valence-corrected chi connectivity index (χ1v) is 7.95. The predicted molar refractivity (Wildman–Crippen MR) is 81.7 cm³/mol. The molecule has 1 saturated heterocycles. The van der Waals surface area contributed by atoms with Crippen molar-refractivity contribution in [2.24, 2.45) is 0 Å². The smallest absolute Gasteiger partial charge is 0.407 e. The molecule has 0 bridgehead atoms. The van der Waals surface area contributed by atoms with Crippen LogP contribution in [0.2, 0.25) is 0 Å². The monoisotopic (exact) mass is 299 g/mol. The van der Waals surface area contributed by atoms with Crippen LogP contribution in [-0.4, -0.2) is 78.0 Å². The van der Waals surface area contributed by atoms with E-state index in [-0.39, 0.29) is 17.7 Å². The molecule has 0 spiro atoms. The van der Waals surface area contributed by atoms with E-state index in [9.17, 15) is 9.90 Å². The first kappa shape index (κ1) is 16.5. The molecule has 2 rings (SSSR count). The number of rotatable bonds is 5. The van der Waals surface area contributed by atoms with Crippen molar-refractivity contribution in [1.29, 1.82) is 0 Å². The molecule has 0 atom stereocenters. The number of carboxylic acid groups (broad SMARTS) is 1. The minimum atomic E-state index is -0.827. The fourth-order valence-corrected chi connectivity index (χ4v) is 3.16. The number of nitrogens with zero attached hydrogens (tertiary/aromatic N) is 2. The molecule has 6 nitrogen and oxygen atoms in total. The number of ether oxygens (including phenoxy) is 1. The second kappa shape index (κ2) is 6.94. The van der Waals surface area contributed by atoms with E-state index in [4.69, 9.17) is 4.74 Å². The van der Waals surface area contributed by atoms with Gasteiger partial charge >= 0.3 is 6.09 Å². The van der Waals surface area contributed by atoms with Crippen LogP contribution in [0.5, 0.6) is 0 Å². The van der Waals surface area contributed by atoms with Crippen molar-refractivity contribution in [3.05, 3.63) is 0 Å². The van der Waals surface area contributed by atoms with E-state index in [2.05, 4.69) is 10.2 Å². The van der Waals surface area contributed by atoms with Crippen LogP contribution in [0.25, 0.3) is 0 Å². The predicted octanol–water partition coefficient (Wildman–Crippen LogP) is 1.22. The molecule has 1 aliphatic heterocycles. The third-order valence-electron chi connectivity index (χ3n) is 4.33. The number of piperazine rings is 1. The highest BCUT2D eigenvalue weighted by Gasteiger charge is 2.41. The maximum atomic E-state index is 11.4. The van der Waals surface area contributed by atoms with Crippen LogP contribution >= 0.6 is 0 Å². The summed E-state index contributed by atoms with van der Waals surface area (Å²) in [6.45, 7) is 11.9. The topological polar surface area (TPSA) is 65.0 Å². The normalized spacial score (nSPS) is 27.2. The van der Waals surface area contributed by atoms with Crippen molar-refractivity contribution >= 4 is 6.09 Å². The maximum absolute atomic E-state index is 11.4. The Morgan fingerprint density at radius 2 is 1.95 bits per heavy atom. The molecule has 2 N–H and O–H groups in total. The summed E-state index contributed by atoms with van der Waals surface area (Å²) < 4.78 is 5.87. The van der Waals surface area contributed by atoms with Crippen molar-refractivity contribution in [2.45, 2.75) is 51.3 Å². The lowest BCUT2D eigenvalue weighted by Gasteiger charge is -2.47. The summed E-state index contributed by atoms with van der Waals surface area (Å²) in [5.41, 5.74) is -0.345. The molecule has 2 aliphatic rings. The molecule has 1 saturated carbocycles. The van der Waals surface area contributed by atoms with Gasteiger partial charge in [-0.15, -0.1) is 0 Å². The van der Waals surface area contributed by atoms with Crippen LogP contribution in [0.4, 0.5) is 4.79 Å². The van der Waals surface area contributed by atoms with Gasteiger partial charge in [0.2, 0.25) is 0 Å². The highest BCUT2D eigenvalue weighted by Crippen LogP contribution is 2.32. The van der Waals surface area contributed by atoms with Gasteiger partial charge in [0.25, 0.3) is 0 Å². The van der Waals surface area contributed by atoms with Crippen LogP contribution in [0, 0.1) is 0 Å². The van der Waals surface area contributed by atoms with Gasteiger partial charge in [-0.2, -0.15) is 0 Å². The van der Waals surface area contributed by atoms with Crippen molar-refractivity contribution in [3.8, 4) is 0 Å². The van der Waals surface area contributed by atoms with Crippen LogP contribution in [0.3, 0.4) is 0 Å². The lowest BCUT2D eigenvalue weighted by molar-refractivity contribution is -0.0672. The van der Waals surface area contributed by atoms with Gasteiger partial charge in [0, 0.05) is 44.3 Å². The van der Waals surface area contributed by atoms with E-state index in [1.807, 2.05) is 20.8 Å². The number of nitrogens with one attached hydrogen (secondary N) is 1. The average molecular weight is 299 g/mol. The van der Waals surface area contributed by atoms with Gasteiger partial charge in [-0.25, -0.2) is 4.79 Å². The summed E-state index contributed by atoms with van der Waals surface area (Å²) in [6, 6.07) is 0.103. The standard InChI is InChI=1S/C15H29N3O3/c1-15(2,3)18(14(19)20)12-10-13(11-12)21-9-8-17-6-4-16-5-7-17/h12-13,16H,4-11H2,1-3H3,(H,19,20). The Bertz CT molecular complexity index is 345. The number of amides is 1. The minimum absolute atomic E-state index is 0.103. The largest absolute Gasteiger partial charge is 0.465 e. The number of hydrogen-bond donors (Lipinski definition) is 2. The summed E-state index contributed by atoms with van der Waals surface area (Å²) >= 11 is 0. The molecule has 0 unspecified atom stereocenters. The van der Waals surface area contributed by atoms with E-state index in [1.54, 1.807) is 4.90 Å². The first-order chi connectivity index (χ1) is 9.88. The van der Waals surface area contributed by atoms with Crippen molar-refractivity contribution < 1.29 is 14.6 Å². The maximum Gasteiger partial charge on any atom is 0.407 e. The molecule has 122 valence electrons. The number of hydrogen-bond acceptors (Lipinski definition) is 4. The van der Waals surface area contributed by atoms with E-state index in [0.29, 0.717) is 0 Å². The zero-order valence-corrected chi connectivity index (χ0v) is 13.5. The molecule has 6 heteroatoms. The van der Waals surface area contributed by atoms with Crippen LogP contribution in [0.1, 0.15) is 33.6 Å². The van der Waals surface area contributed by atoms with Crippen molar-refractivity contribution in [2.75, 3.05) is 39.3 Å². The fourth-order valence-electron chi connectivity index (χ4n) is 3.16. The van der Waals surface area contributed by atoms with Gasteiger partial charge in [-0.3, -0.25) is 4.90 Å². The van der Waals surface area contributed by atoms with E-state index < -0.39 is 6.09 Å². The highest BCUT2D eigenvalue weighted by atomic mass is 16.5. The molecule has 0 aromatic heterocycles. The lowest BCUT2D eigenvalue weighted by Crippen LogP contribution is -2.57. The Labute approximate surface area is 127 Å². The Balaban J connectivity index is 1.65. The van der Waals surface area contributed by atoms with Gasteiger partial charge in [0.15, 0.2) is 0 Å². The van der Waals surface area contributed by atoms with Gasteiger partial charge in [0.1, 0.15) is 0 Å². The summed E-state index contributed by atoms with van der Waals surface area (Å²) in [5, 5.41) is 12.7. The molecule has 21 heavy (non-hydrogen) atoms. The summed E-state index contributed by atoms with van der Waals surface area (Å²) in [7, 11) is 0. The molecule has 0 aromatic rings. The molecule has 1 aliphatic carbocycles. The van der Waals surface area contributed by atoms with Gasteiger partial charge in [0.05, 0.1) is 12.7 Å². The van der Waals surface area contributed by atoms with Crippen LogP contribution < -0.4 is 5.32 Å². The second-order valence-electron chi connectivity index (χ2n) is 7.03. The fraction of sp³-hybridized carbons (Fsp3) is 0.933. The molecule has 2 fully saturated rings. The van der Waals surface area contributed by atoms with Gasteiger partial charge < -0.3 is 20.1 Å². The average Bonchev–Trinajstić information content (AvgIpc) is 2.34. The lowest BCUT2D eigenvalue weighted by atomic mass is 9.85. The third kappa shape index (κ3) is 4.56. The Morgan fingerprint density at radius 3 is 2.48 bits per heavy atom. The SMILES string of the molecule is CC(C)(C)N(C(=O)O)C1CC(OCCN2CCNCC2)C1. The summed E-state index contributed by atoms with van der Waals surface area (Å²) in [4.78, 5) is 15.4. The van der Waals surface area contributed by atoms with E-state index >= 15 is 0 Å². The third-order valence-corrected chi connectivity index (χ3v) is 4.33. The molecule has 1 heterocycles. The Hall–Kier alpha value is -0.850. The van der Waals surface area contributed by atoms with Crippen molar-refractivity contribution in [3.63, 3.8) is 0 Å². The molecule has 1 amide bonds. The van der Waals surface area contributed by atoms with Gasteiger partial charge in [-0.05, 0) is 33.6 Å². The summed E-state index contributed by atoms with van der Waals surface area (Å²) in [6.07, 6.45) is 1.05. The zero-order chi connectivity index (χ0) is 15.5. The second-order valence-corrected chi connectivity index (χ2v) is 7.03. The Kier molecular flexibility index (Phi) is 5.46. The van der Waals surface area contributed by atoms with E-state index in [0.717, 1.165) is 52.2 Å². The first-order valence-electron chi connectivity index (χ1n) is 7.95. The van der Waals surface area contributed by atoms with E-state index in [1.165, 1.54) is 0 Å². The van der Waals surface area contributed by atoms with Crippen molar-refractivity contribution in [1.82, 2.24) is 15.1 Å². The van der Waals surface area contributed by atoms with Gasteiger partial charge in [-0.1, -0.05) is 0 Å². The summed E-state index contributed by atoms with van der Waals surface area (Å²) in [5.74, 6) is 0.